The Morgan fingerprint density at radius 3 is 3.13 bits per heavy atom. The average molecular weight is 225 g/mol. The van der Waals surface area contributed by atoms with E-state index in [2.05, 4.69) is 17.2 Å². The van der Waals surface area contributed by atoms with Crippen molar-refractivity contribution in [2.24, 2.45) is 5.92 Å². The average Bonchev–Trinajstić information content (AvgIpc) is 2.64. The fraction of sp³-hybridized carbons (Fsp3) is 0.727. The molecule has 1 fully saturated rings. The van der Waals surface area contributed by atoms with Gasteiger partial charge in [-0.2, -0.15) is 0 Å². The highest BCUT2D eigenvalue weighted by Gasteiger charge is 2.21. The number of nitrogen functional groups attached to an aromatic ring is 1. The third kappa shape index (κ3) is 2.84. The first-order valence-electron chi connectivity index (χ1n) is 5.75. The van der Waals surface area contributed by atoms with Crippen molar-refractivity contribution in [1.29, 1.82) is 0 Å². The Kier molecular flexibility index (Phi) is 3.46. The molecule has 1 aromatic rings. The molecule has 1 saturated carbocycles. The Morgan fingerprint density at radius 2 is 2.47 bits per heavy atom. The zero-order valence-electron chi connectivity index (χ0n) is 9.20. The van der Waals surface area contributed by atoms with Gasteiger partial charge in [-0.25, -0.2) is 4.98 Å². The topological polar surface area (TPSA) is 50.9 Å². The summed E-state index contributed by atoms with van der Waals surface area (Å²) in [5.74, 6) is 0.897. The van der Waals surface area contributed by atoms with Crippen LogP contribution in [0.25, 0.3) is 0 Å². The van der Waals surface area contributed by atoms with Gasteiger partial charge in [0.25, 0.3) is 0 Å². The molecule has 0 aliphatic heterocycles. The van der Waals surface area contributed by atoms with Crippen LogP contribution in [0.15, 0.2) is 6.20 Å². The molecule has 0 bridgehead atoms. The van der Waals surface area contributed by atoms with Crippen LogP contribution < -0.4 is 11.1 Å². The molecule has 1 aliphatic carbocycles. The minimum absolute atomic E-state index is 0.606. The van der Waals surface area contributed by atoms with Gasteiger partial charge < -0.3 is 11.1 Å². The molecule has 1 aliphatic rings. The van der Waals surface area contributed by atoms with Crippen molar-refractivity contribution in [2.75, 3.05) is 11.1 Å². The lowest BCUT2D eigenvalue weighted by atomic mass is 9.84. The summed E-state index contributed by atoms with van der Waals surface area (Å²) in [5, 5.41) is 5.27. The molecule has 1 aromatic heterocycles. The van der Waals surface area contributed by atoms with Crippen molar-refractivity contribution in [3.8, 4) is 0 Å². The van der Waals surface area contributed by atoms with Crippen molar-refractivity contribution in [2.45, 2.75) is 45.1 Å². The Bertz CT molecular complexity index is 311. The predicted octanol–water partition coefficient (Wildman–Crippen LogP) is 3.11. The molecule has 1 heterocycles. The second-order valence-corrected chi connectivity index (χ2v) is 5.41. The van der Waals surface area contributed by atoms with E-state index < -0.39 is 0 Å². The van der Waals surface area contributed by atoms with Gasteiger partial charge >= 0.3 is 0 Å². The maximum absolute atomic E-state index is 5.65. The molecule has 2 atom stereocenters. The van der Waals surface area contributed by atoms with Gasteiger partial charge in [-0.1, -0.05) is 37.5 Å². The number of aromatic nitrogens is 1. The Labute approximate surface area is 95.1 Å². The van der Waals surface area contributed by atoms with Crippen LogP contribution in [-0.4, -0.2) is 11.0 Å². The highest BCUT2D eigenvalue weighted by atomic mass is 32.1. The quantitative estimate of drug-likeness (QED) is 0.831. The van der Waals surface area contributed by atoms with E-state index >= 15 is 0 Å². The molecule has 0 amide bonds. The summed E-state index contributed by atoms with van der Waals surface area (Å²) in [4.78, 5) is 4.24. The van der Waals surface area contributed by atoms with Crippen LogP contribution >= 0.6 is 11.3 Å². The van der Waals surface area contributed by atoms with E-state index in [4.69, 9.17) is 5.73 Å². The summed E-state index contributed by atoms with van der Waals surface area (Å²) in [7, 11) is 0. The van der Waals surface area contributed by atoms with E-state index in [1.54, 1.807) is 17.5 Å². The number of nitrogens with one attached hydrogen (secondary N) is 1. The monoisotopic (exact) mass is 225 g/mol. The van der Waals surface area contributed by atoms with Crippen molar-refractivity contribution < 1.29 is 0 Å². The van der Waals surface area contributed by atoms with Crippen LogP contribution in [0.3, 0.4) is 0 Å². The Hall–Kier alpha value is -0.770. The summed E-state index contributed by atoms with van der Waals surface area (Å²) in [6.45, 7) is 2.29. The van der Waals surface area contributed by atoms with Gasteiger partial charge in [0.15, 0.2) is 5.13 Å². The third-order valence-electron chi connectivity index (χ3n) is 3.21. The second kappa shape index (κ2) is 4.84. The highest BCUT2D eigenvalue weighted by Crippen LogP contribution is 2.30. The fourth-order valence-electron chi connectivity index (χ4n) is 2.32. The van der Waals surface area contributed by atoms with E-state index in [1.165, 1.54) is 32.1 Å². The van der Waals surface area contributed by atoms with E-state index in [1.807, 2.05) is 0 Å². The van der Waals surface area contributed by atoms with Gasteiger partial charge in [-0.3, -0.25) is 0 Å². The smallest absolute Gasteiger partial charge is 0.184 e. The molecule has 0 saturated heterocycles. The number of nitrogens with zero attached hydrogens (tertiary/aromatic N) is 1. The van der Waals surface area contributed by atoms with E-state index in [0.29, 0.717) is 6.04 Å². The van der Waals surface area contributed by atoms with Crippen LogP contribution in [0.4, 0.5) is 10.1 Å². The molecule has 2 unspecified atom stereocenters. The predicted molar refractivity (Wildman–Crippen MR) is 66.2 cm³/mol. The highest BCUT2D eigenvalue weighted by molar-refractivity contribution is 7.19. The lowest BCUT2D eigenvalue weighted by Gasteiger charge is -2.28. The summed E-state index contributed by atoms with van der Waals surface area (Å²) >= 11 is 1.55. The first kappa shape index (κ1) is 10.7. The summed E-state index contributed by atoms with van der Waals surface area (Å²) < 4.78 is 0. The number of rotatable bonds is 3. The molecule has 15 heavy (non-hydrogen) atoms. The normalized spacial score (nSPS) is 26.5. The van der Waals surface area contributed by atoms with Crippen LogP contribution in [0.1, 0.15) is 39.0 Å². The maximum Gasteiger partial charge on any atom is 0.184 e. The number of thiazole rings is 1. The number of hydrogen-bond acceptors (Lipinski definition) is 4. The molecule has 0 radical (unpaired) electrons. The van der Waals surface area contributed by atoms with Crippen molar-refractivity contribution in [1.82, 2.24) is 4.98 Å². The summed E-state index contributed by atoms with van der Waals surface area (Å²) in [5.41, 5.74) is 5.65. The van der Waals surface area contributed by atoms with Gasteiger partial charge in [-0.05, 0) is 18.8 Å². The Balaban J connectivity index is 1.88. The third-order valence-corrected chi connectivity index (χ3v) is 3.97. The first-order valence-corrected chi connectivity index (χ1v) is 6.57. The molecule has 0 aromatic carbocycles. The number of hydrogen-bond donors (Lipinski definition) is 2. The number of nitrogens with two attached hydrogens (primary N) is 1. The zero-order chi connectivity index (χ0) is 10.7. The van der Waals surface area contributed by atoms with Crippen molar-refractivity contribution >= 4 is 21.5 Å². The minimum atomic E-state index is 0.606. The molecular weight excluding hydrogens is 206 g/mol. The van der Waals surface area contributed by atoms with Gasteiger partial charge in [0.1, 0.15) is 5.00 Å². The van der Waals surface area contributed by atoms with Gasteiger partial charge in [0.05, 0.1) is 6.20 Å². The standard InChI is InChI=1S/C11H19N3S/c1-2-8-4-3-5-9(6-8)14-11-13-7-10(12)15-11/h7-9H,2-6,12H2,1H3,(H,13,14). The first-order chi connectivity index (χ1) is 7.28. The fourth-order valence-corrected chi connectivity index (χ4v) is 2.98. The van der Waals surface area contributed by atoms with Gasteiger partial charge in [0, 0.05) is 6.04 Å². The molecular formula is C11H19N3S. The second-order valence-electron chi connectivity index (χ2n) is 4.35. The minimum Gasteiger partial charge on any atom is -0.389 e. The van der Waals surface area contributed by atoms with E-state index in [9.17, 15) is 0 Å². The van der Waals surface area contributed by atoms with Gasteiger partial charge in [0.2, 0.25) is 0 Å². The molecule has 4 heteroatoms. The Morgan fingerprint density at radius 1 is 1.60 bits per heavy atom. The lowest BCUT2D eigenvalue weighted by Crippen LogP contribution is -2.26. The molecule has 2 rings (SSSR count). The van der Waals surface area contributed by atoms with Crippen molar-refractivity contribution in [3.05, 3.63) is 6.20 Å². The van der Waals surface area contributed by atoms with Crippen LogP contribution in [-0.2, 0) is 0 Å². The van der Waals surface area contributed by atoms with Crippen LogP contribution in [0.2, 0.25) is 0 Å². The van der Waals surface area contributed by atoms with Crippen LogP contribution in [0.5, 0.6) is 0 Å². The molecule has 0 spiro atoms. The SMILES string of the molecule is CCC1CCCC(Nc2ncc(N)s2)C1. The maximum atomic E-state index is 5.65. The van der Waals surface area contributed by atoms with Gasteiger partial charge in [-0.15, -0.1) is 0 Å². The molecule has 3 N–H and O–H groups in total. The summed E-state index contributed by atoms with van der Waals surface area (Å²) in [6, 6.07) is 0.606. The lowest BCUT2D eigenvalue weighted by molar-refractivity contribution is 0.327. The van der Waals surface area contributed by atoms with Crippen LogP contribution in [0, 0.1) is 5.92 Å². The zero-order valence-corrected chi connectivity index (χ0v) is 10.0. The molecule has 84 valence electrons. The molecule has 3 nitrogen and oxygen atoms in total. The number of anilines is 2. The van der Waals surface area contributed by atoms with Crippen molar-refractivity contribution in [3.63, 3.8) is 0 Å². The van der Waals surface area contributed by atoms with E-state index in [0.717, 1.165) is 16.1 Å². The largest absolute Gasteiger partial charge is 0.389 e. The summed E-state index contributed by atoms with van der Waals surface area (Å²) in [6.07, 6.45) is 8.34. The van der Waals surface area contributed by atoms with E-state index in [-0.39, 0.29) is 0 Å².